The van der Waals surface area contributed by atoms with Crippen molar-refractivity contribution in [1.82, 2.24) is 5.32 Å². The van der Waals surface area contributed by atoms with E-state index < -0.39 is 0 Å². The fourth-order valence-corrected chi connectivity index (χ4v) is 1.57. The molecule has 0 atom stereocenters. The second kappa shape index (κ2) is 10.0. The van der Waals surface area contributed by atoms with Gasteiger partial charge in [-0.25, -0.2) is 0 Å². The summed E-state index contributed by atoms with van der Waals surface area (Å²) in [6.45, 7) is 4.81. The van der Waals surface area contributed by atoms with Crippen LogP contribution >= 0.6 is 24.0 Å². The average molecular weight is 219 g/mol. The van der Waals surface area contributed by atoms with Crippen molar-refractivity contribution in [3.63, 3.8) is 0 Å². The number of aliphatic hydroxyl groups excluding tert-OH is 1. The Morgan fingerprint density at radius 1 is 1.46 bits per heavy atom. The van der Waals surface area contributed by atoms with E-state index in [0.717, 1.165) is 35.9 Å². The zero-order chi connectivity index (χ0) is 9.94. The molecule has 0 radical (unpaired) electrons. The van der Waals surface area contributed by atoms with Crippen molar-refractivity contribution < 1.29 is 5.11 Å². The van der Waals surface area contributed by atoms with Crippen LogP contribution in [0.4, 0.5) is 0 Å². The van der Waals surface area contributed by atoms with Crippen LogP contribution < -0.4 is 5.32 Å². The molecule has 0 fully saturated rings. The van der Waals surface area contributed by atoms with Gasteiger partial charge in [0.15, 0.2) is 0 Å². The van der Waals surface area contributed by atoms with Gasteiger partial charge in [-0.05, 0) is 19.3 Å². The molecule has 0 bridgehead atoms. The van der Waals surface area contributed by atoms with Crippen LogP contribution in [0.15, 0.2) is 12.7 Å². The van der Waals surface area contributed by atoms with E-state index >= 15 is 0 Å². The predicted octanol–water partition coefficient (Wildman–Crippen LogP) is 1.94. The van der Waals surface area contributed by atoms with Crippen molar-refractivity contribution in [1.29, 1.82) is 0 Å². The van der Waals surface area contributed by atoms with Gasteiger partial charge >= 0.3 is 0 Å². The number of aliphatic hydroxyl groups is 1. The Kier molecular flexibility index (Phi) is 9.98. The van der Waals surface area contributed by atoms with Crippen molar-refractivity contribution in [2.75, 3.05) is 18.9 Å². The summed E-state index contributed by atoms with van der Waals surface area (Å²) in [5, 5.41) is 11.7. The first-order chi connectivity index (χ1) is 6.31. The summed E-state index contributed by atoms with van der Waals surface area (Å²) in [5.74, 6) is 0.864. The third kappa shape index (κ3) is 9.86. The Morgan fingerprint density at radius 2 is 2.23 bits per heavy atom. The molecule has 2 N–H and O–H groups in total. The van der Waals surface area contributed by atoms with E-state index in [-0.39, 0.29) is 6.61 Å². The van der Waals surface area contributed by atoms with Crippen LogP contribution in [0.3, 0.4) is 0 Å². The molecule has 0 saturated heterocycles. The second-order valence-corrected chi connectivity index (χ2v) is 4.30. The van der Waals surface area contributed by atoms with E-state index in [1.165, 1.54) is 0 Å². The number of thiocarbonyl (C=S) groups is 1. The minimum absolute atomic E-state index is 0.287. The minimum atomic E-state index is 0.287. The Morgan fingerprint density at radius 3 is 2.85 bits per heavy atom. The number of hydrogen-bond acceptors (Lipinski definition) is 3. The quantitative estimate of drug-likeness (QED) is 0.389. The summed E-state index contributed by atoms with van der Waals surface area (Å²) in [5.41, 5.74) is 0. The SMILES string of the molecule is C=CCSC(=S)NCCCCCO. The molecule has 0 aromatic rings. The van der Waals surface area contributed by atoms with E-state index in [4.69, 9.17) is 17.3 Å². The molecule has 0 heterocycles. The van der Waals surface area contributed by atoms with E-state index in [0.29, 0.717) is 0 Å². The first kappa shape index (κ1) is 12.9. The molecule has 0 amide bonds. The molecular formula is C9H17NOS2. The number of thioether (sulfide) groups is 1. The van der Waals surface area contributed by atoms with Gasteiger partial charge in [-0.15, -0.1) is 6.58 Å². The minimum Gasteiger partial charge on any atom is -0.396 e. The Balaban J connectivity index is 3.12. The molecule has 0 unspecified atom stereocenters. The summed E-state index contributed by atoms with van der Waals surface area (Å²) >= 11 is 6.65. The molecule has 13 heavy (non-hydrogen) atoms. The van der Waals surface area contributed by atoms with Crippen molar-refractivity contribution in [2.24, 2.45) is 0 Å². The van der Waals surface area contributed by atoms with Gasteiger partial charge in [-0.3, -0.25) is 0 Å². The third-order valence-corrected chi connectivity index (χ3v) is 2.74. The van der Waals surface area contributed by atoms with E-state index in [2.05, 4.69) is 11.9 Å². The summed E-state index contributed by atoms with van der Waals surface area (Å²) in [6.07, 6.45) is 4.84. The highest BCUT2D eigenvalue weighted by atomic mass is 32.2. The second-order valence-electron chi connectivity index (χ2n) is 2.60. The van der Waals surface area contributed by atoms with Crippen molar-refractivity contribution in [3.05, 3.63) is 12.7 Å². The lowest BCUT2D eigenvalue weighted by Crippen LogP contribution is -2.19. The lowest BCUT2D eigenvalue weighted by molar-refractivity contribution is 0.283. The molecule has 0 saturated carbocycles. The number of unbranched alkanes of at least 4 members (excludes halogenated alkanes) is 2. The van der Waals surface area contributed by atoms with Gasteiger partial charge in [0, 0.05) is 18.9 Å². The largest absolute Gasteiger partial charge is 0.396 e. The molecule has 0 aromatic heterocycles. The predicted molar refractivity (Wildman–Crippen MR) is 64.2 cm³/mol. The molecule has 0 rings (SSSR count). The Labute approximate surface area is 89.8 Å². The molecule has 0 aliphatic carbocycles. The van der Waals surface area contributed by atoms with E-state index in [9.17, 15) is 0 Å². The zero-order valence-electron chi connectivity index (χ0n) is 7.79. The maximum Gasteiger partial charge on any atom is 0.134 e. The van der Waals surface area contributed by atoms with Crippen LogP contribution in [-0.4, -0.2) is 28.3 Å². The molecule has 0 aromatic carbocycles. The van der Waals surface area contributed by atoms with Gasteiger partial charge in [0.1, 0.15) is 4.32 Å². The number of rotatable bonds is 7. The van der Waals surface area contributed by atoms with Crippen molar-refractivity contribution >= 4 is 28.3 Å². The average Bonchev–Trinajstić information content (AvgIpc) is 2.14. The third-order valence-electron chi connectivity index (χ3n) is 1.44. The first-order valence-corrected chi connectivity index (χ1v) is 5.83. The number of nitrogens with one attached hydrogen (secondary N) is 1. The molecule has 4 heteroatoms. The highest BCUT2D eigenvalue weighted by Crippen LogP contribution is 2.01. The van der Waals surface area contributed by atoms with Crippen LogP contribution in [0.5, 0.6) is 0 Å². The van der Waals surface area contributed by atoms with Gasteiger partial charge in [-0.2, -0.15) is 0 Å². The summed E-state index contributed by atoms with van der Waals surface area (Å²) in [7, 11) is 0. The highest BCUT2D eigenvalue weighted by Gasteiger charge is 1.94. The Hall–Kier alpha value is -0.0600. The molecule has 0 spiro atoms. The zero-order valence-corrected chi connectivity index (χ0v) is 9.42. The summed E-state index contributed by atoms with van der Waals surface area (Å²) in [4.78, 5) is 0. The lowest BCUT2D eigenvalue weighted by Gasteiger charge is -2.05. The van der Waals surface area contributed by atoms with E-state index in [1.54, 1.807) is 11.8 Å². The van der Waals surface area contributed by atoms with E-state index in [1.807, 2.05) is 6.08 Å². The van der Waals surface area contributed by atoms with Gasteiger partial charge in [0.25, 0.3) is 0 Å². The standard InChI is InChI=1S/C9H17NOS2/c1-2-8-13-9(12)10-6-4-3-5-7-11/h2,11H,1,3-8H2,(H,10,12). The fourth-order valence-electron chi connectivity index (χ4n) is 0.790. The molecule has 0 aliphatic heterocycles. The van der Waals surface area contributed by atoms with Crippen LogP contribution in [0.2, 0.25) is 0 Å². The van der Waals surface area contributed by atoms with Crippen molar-refractivity contribution in [3.8, 4) is 0 Å². The number of hydrogen-bond donors (Lipinski definition) is 2. The molecule has 2 nitrogen and oxygen atoms in total. The first-order valence-electron chi connectivity index (χ1n) is 4.43. The van der Waals surface area contributed by atoms with Crippen LogP contribution in [0, 0.1) is 0 Å². The molecule has 76 valence electrons. The normalized spacial score (nSPS) is 9.62. The summed E-state index contributed by atoms with van der Waals surface area (Å²) in [6, 6.07) is 0. The molecule has 0 aliphatic rings. The maximum atomic E-state index is 8.53. The monoisotopic (exact) mass is 219 g/mol. The summed E-state index contributed by atoms with van der Waals surface area (Å²) < 4.78 is 0.837. The van der Waals surface area contributed by atoms with Crippen LogP contribution in [0.1, 0.15) is 19.3 Å². The Bertz CT molecular complexity index is 151. The van der Waals surface area contributed by atoms with Gasteiger partial charge in [-0.1, -0.05) is 30.1 Å². The van der Waals surface area contributed by atoms with Crippen molar-refractivity contribution in [2.45, 2.75) is 19.3 Å². The fraction of sp³-hybridized carbons (Fsp3) is 0.667. The van der Waals surface area contributed by atoms with Gasteiger partial charge in [0.05, 0.1) is 0 Å². The topological polar surface area (TPSA) is 32.3 Å². The van der Waals surface area contributed by atoms with Gasteiger partial charge < -0.3 is 10.4 Å². The smallest absolute Gasteiger partial charge is 0.134 e. The highest BCUT2D eigenvalue weighted by molar-refractivity contribution is 8.23. The van der Waals surface area contributed by atoms with Crippen LogP contribution in [0.25, 0.3) is 0 Å². The molecular weight excluding hydrogens is 202 g/mol. The van der Waals surface area contributed by atoms with Gasteiger partial charge in [0.2, 0.25) is 0 Å². The maximum absolute atomic E-state index is 8.53. The van der Waals surface area contributed by atoms with Crippen LogP contribution in [-0.2, 0) is 0 Å². The lowest BCUT2D eigenvalue weighted by atomic mass is 10.2.